The fraction of sp³-hybridized carbons (Fsp3) is 0.615. The van der Waals surface area contributed by atoms with Crippen molar-refractivity contribution in [1.29, 1.82) is 0 Å². The molecule has 1 atom stereocenters. The molecular weight excluding hydrogens is 230 g/mol. The Kier molecular flexibility index (Phi) is 4.42. The van der Waals surface area contributed by atoms with E-state index in [1.54, 1.807) is 11.3 Å². The standard InChI is InChI=1S/C13H21N3S/c1-11-5-3-7-16(10-11)13(14-2)15-9-12-6-4-8-17-12/h4,6,8,11H,3,5,7,9-10H2,1-2H3,(H,14,15). The van der Waals surface area contributed by atoms with Gasteiger partial charge < -0.3 is 10.2 Å². The Morgan fingerprint density at radius 1 is 1.65 bits per heavy atom. The van der Waals surface area contributed by atoms with Crippen LogP contribution in [0, 0.1) is 5.92 Å². The van der Waals surface area contributed by atoms with Crippen molar-refractivity contribution in [1.82, 2.24) is 10.2 Å². The van der Waals surface area contributed by atoms with Crippen molar-refractivity contribution in [3.8, 4) is 0 Å². The molecule has 4 heteroatoms. The van der Waals surface area contributed by atoms with E-state index in [9.17, 15) is 0 Å². The molecule has 1 fully saturated rings. The molecule has 94 valence electrons. The van der Waals surface area contributed by atoms with E-state index >= 15 is 0 Å². The monoisotopic (exact) mass is 251 g/mol. The molecule has 0 radical (unpaired) electrons. The summed E-state index contributed by atoms with van der Waals surface area (Å²) in [6.07, 6.45) is 2.62. The molecule has 3 nitrogen and oxygen atoms in total. The van der Waals surface area contributed by atoms with Gasteiger partial charge in [-0.3, -0.25) is 4.99 Å². The quantitative estimate of drug-likeness (QED) is 0.646. The van der Waals surface area contributed by atoms with Gasteiger partial charge in [-0.25, -0.2) is 0 Å². The lowest BCUT2D eigenvalue weighted by atomic mass is 10.0. The number of hydrogen-bond acceptors (Lipinski definition) is 2. The van der Waals surface area contributed by atoms with Crippen LogP contribution in [0.25, 0.3) is 0 Å². The summed E-state index contributed by atoms with van der Waals surface area (Å²) in [5.74, 6) is 1.83. The first-order chi connectivity index (χ1) is 8.29. The van der Waals surface area contributed by atoms with E-state index in [4.69, 9.17) is 0 Å². The van der Waals surface area contributed by atoms with E-state index < -0.39 is 0 Å². The number of hydrogen-bond donors (Lipinski definition) is 1. The highest BCUT2D eigenvalue weighted by Crippen LogP contribution is 2.15. The smallest absolute Gasteiger partial charge is 0.193 e. The summed E-state index contributed by atoms with van der Waals surface area (Å²) in [6, 6.07) is 4.25. The first-order valence-electron chi connectivity index (χ1n) is 6.27. The molecule has 1 unspecified atom stereocenters. The highest BCUT2D eigenvalue weighted by Gasteiger charge is 2.18. The predicted octanol–water partition coefficient (Wildman–Crippen LogP) is 2.56. The minimum atomic E-state index is 0.782. The Hall–Kier alpha value is -1.03. The van der Waals surface area contributed by atoms with Gasteiger partial charge in [0.15, 0.2) is 5.96 Å². The molecule has 1 saturated heterocycles. The average molecular weight is 251 g/mol. The van der Waals surface area contributed by atoms with Crippen LogP contribution < -0.4 is 5.32 Å². The summed E-state index contributed by atoms with van der Waals surface area (Å²) < 4.78 is 0. The lowest BCUT2D eigenvalue weighted by Crippen LogP contribution is -2.45. The van der Waals surface area contributed by atoms with Crippen LogP contribution in [0.15, 0.2) is 22.5 Å². The molecular formula is C13H21N3S. The van der Waals surface area contributed by atoms with Crippen molar-refractivity contribution in [2.45, 2.75) is 26.3 Å². The van der Waals surface area contributed by atoms with Crippen molar-refractivity contribution in [2.24, 2.45) is 10.9 Å². The Labute approximate surface area is 108 Å². The van der Waals surface area contributed by atoms with Crippen LogP contribution in [0.1, 0.15) is 24.6 Å². The van der Waals surface area contributed by atoms with E-state index in [-0.39, 0.29) is 0 Å². The third-order valence-corrected chi connectivity index (χ3v) is 4.05. The molecule has 0 amide bonds. The van der Waals surface area contributed by atoms with E-state index in [1.165, 1.54) is 17.7 Å². The van der Waals surface area contributed by atoms with E-state index in [0.29, 0.717) is 0 Å². The number of piperidine rings is 1. The molecule has 1 aromatic heterocycles. The van der Waals surface area contributed by atoms with E-state index in [2.05, 4.69) is 39.6 Å². The zero-order valence-corrected chi connectivity index (χ0v) is 11.5. The van der Waals surface area contributed by atoms with Crippen LogP contribution in [0.5, 0.6) is 0 Å². The molecule has 0 saturated carbocycles. The van der Waals surface area contributed by atoms with Gasteiger partial charge in [0.2, 0.25) is 0 Å². The summed E-state index contributed by atoms with van der Waals surface area (Å²) in [5, 5.41) is 5.56. The number of thiophene rings is 1. The number of rotatable bonds is 2. The molecule has 0 aliphatic carbocycles. The third kappa shape index (κ3) is 3.46. The topological polar surface area (TPSA) is 27.6 Å². The van der Waals surface area contributed by atoms with Gasteiger partial charge in [-0.2, -0.15) is 0 Å². The van der Waals surface area contributed by atoms with Gasteiger partial charge in [-0.1, -0.05) is 13.0 Å². The maximum absolute atomic E-state index is 4.38. The summed E-state index contributed by atoms with van der Waals surface area (Å²) in [4.78, 5) is 8.12. The first kappa shape index (κ1) is 12.4. The van der Waals surface area contributed by atoms with Gasteiger partial charge in [-0.05, 0) is 30.2 Å². The molecule has 1 aliphatic heterocycles. The summed E-state index contributed by atoms with van der Waals surface area (Å²) >= 11 is 1.79. The second-order valence-corrected chi connectivity index (χ2v) is 5.71. The largest absolute Gasteiger partial charge is 0.351 e. The Balaban J connectivity index is 1.88. The molecule has 17 heavy (non-hydrogen) atoms. The normalized spacial score (nSPS) is 21.6. The Bertz CT molecular complexity index is 359. The molecule has 2 heterocycles. The minimum absolute atomic E-state index is 0.782. The van der Waals surface area contributed by atoms with Crippen LogP contribution in [-0.4, -0.2) is 31.0 Å². The van der Waals surface area contributed by atoms with Crippen molar-refractivity contribution in [3.05, 3.63) is 22.4 Å². The van der Waals surface area contributed by atoms with Gasteiger partial charge in [0.05, 0.1) is 6.54 Å². The number of nitrogens with zero attached hydrogens (tertiary/aromatic N) is 2. The fourth-order valence-electron chi connectivity index (χ4n) is 2.29. The van der Waals surface area contributed by atoms with Crippen molar-refractivity contribution in [2.75, 3.05) is 20.1 Å². The molecule has 2 rings (SSSR count). The SMILES string of the molecule is CN=C(NCc1cccs1)N1CCCC(C)C1. The van der Waals surface area contributed by atoms with Crippen molar-refractivity contribution in [3.63, 3.8) is 0 Å². The zero-order valence-electron chi connectivity index (χ0n) is 10.6. The van der Waals surface area contributed by atoms with Crippen molar-refractivity contribution >= 4 is 17.3 Å². The fourth-order valence-corrected chi connectivity index (χ4v) is 2.94. The minimum Gasteiger partial charge on any atom is -0.351 e. The van der Waals surface area contributed by atoms with E-state index in [0.717, 1.165) is 31.5 Å². The highest BCUT2D eigenvalue weighted by molar-refractivity contribution is 7.09. The third-order valence-electron chi connectivity index (χ3n) is 3.17. The highest BCUT2D eigenvalue weighted by atomic mass is 32.1. The summed E-state index contributed by atoms with van der Waals surface area (Å²) in [6.45, 7) is 5.46. The van der Waals surface area contributed by atoms with Crippen LogP contribution in [0.3, 0.4) is 0 Å². The predicted molar refractivity (Wildman–Crippen MR) is 74.5 cm³/mol. The lowest BCUT2D eigenvalue weighted by Gasteiger charge is -2.33. The van der Waals surface area contributed by atoms with Gasteiger partial charge >= 0.3 is 0 Å². The lowest BCUT2D eigenvalue weighted by molar-refractivity contribution is 0.266. The molecule has 0 bridgehead atoms. The van der Waals surface area contributed by atoms with Crippen LogP contribution in [0.2, 0.25) is 0 Å². The number of likely N-dealkylation sites (tertiary alicyclic amines) is 1. The molecule has 0 aromatic carbocycles. The molecule has 1 aliphatic rings. The van der Waals surface area contributed by atoms with Gasteiger partial charge in [0.25, 0.3) is 0 Å². The summed E-state index contributed by atoms with van der Waals surface area (Å²) in [7, 11) is 1.87. The number of guanidine groups is 1. The Morgan fingerprint density at radius 3 is 3.18 bits per heavy atom. The van der Waals surface area contributed by atoms with Gasteiger partial charge in [0, 0.05) is 25.0 Å². The van der Waals surface area contributed by atoms with Crippen LogP contribution in [0.4, 0.5) is 0 Å². The van der Waals surface area contributed by atoms with Crippen molar-refractivity contribution < 1.29 is 0 Å². The molecule has 1 aromatic rings. The molecule has 0 spiro atoms. The second kappa shape index (κ2) is 6.05. The molecule has 1 N–H and O–H groups in total. The van der Waals surface area contributed by atoms with E-state index in [1.807, 2.05) is 7.05 Å². The van der Waals surface area contributed by atoms with Crippen LogP contribution in [-0.2, 0) is 6.54 Å². The number of nitrogens with one attached hydrogen (secondary N) is 1. The first-order valence-corrected chi connectivity index (χ1v) is 7.15. The zero-order chi connectivity index (χ0) is 12.1. The second-order valence-electron chi connectivity index (χ2n) is 4.67. The average Bonchev–Trinajstić information content (AvgIpc) is 2.83. The maximum atomic E-state index is 4.38. The number of aliphatic imine (C=N–C) groups is 1. The van der Waals surface area contributed by atoms with Gasteiger partial charge in [-0.15, -0.1) is 11.3 Å². The van der Waals surface area contributed by atoms with Crippen LogP contribution >= 0.6 is 11.3 Å². The van der Waals surface area contributed by atoms with Gasteiger partial charge in [0.1, 0.15) is 0 Å². The maximum Gasteiger partial charge on any atom is 0.193 e. The Morgan fingerprint density at radius 2 is 2.53 bits per heavy atom. The summed E-state index contributed by atoms with van der Waals surface area (Å²) in [5.41, 5.74) is 0.